The molecule has 2 amide bonds. The standard InChI is InChI=1S/C28H25N5O2/c29-26(34)19-12-14-20(15-13-19)27-30-17-16-24(32-27)25-11-6-18-33(25)28(35)22-9-4-5-10-23(22)31-21-7-2-1-3-8-21/h1-5,7-10,12-17,25,31H,6,11,18H2,(H2,29,34)/t25-/m0/s1. The molecule has 174 valence electrons. The summed E-state index contributed by atoms with van der Waals surface area (Å²) in [6.07, 6.45) is 3.44. The summed E-state index contributed by atoms with van der Waals surface area (Å²) in [5, 5.41) is 3.37. The maximum atomic E-state index is 13.7. The van der Waals surface area contributed by atoms with Crippen molar-refractivity contribution in [1.82, 2.24) is 14.9 Å². The van der Waals surface area contributed by atoms with Crippen LogP contribution in [-0.4, -0.2) is 33.2 Å². The number of para-hydroxylation sites is 2. The average molecular weight is 464 g/mol. The van der Waals surface area contributed by atoms with Crippen molar-refractivity contribution in [2.45, 2.75) is 18.9 Å². The average Bonchev–Trinajstić information content (AvgIpc) is 3.40. The molecule has 5 rings (SSSR count). The van der Waals surface area contributed by atoms with Gasteiger partial charge in [-0.15, -0.1) is 0 Å². The minimum atomic E-state index is -0.478. The SMILES string of the molecule is NC(=O)c1ccc(-c2nccc([C@@H]3CCCN3C(=O)c3ccccc3Nc3ccccc3)n2)cc1. The lowest BCUT2D eigenvalue weighted by atomic mass is 10.1. The van der Waals surface area contributed by atoms with Gasteiger partial charge in [0.1, 0.15) is 0 Å². The molecule has 2 heterocycles. The quantitative estimate of drug-likeness (QED) is 0.421. The summed E-state index contributed by atoms with van der Waals surface area (Å²) >= 11 is 0. The number of carbonyl (C=O) groups is 2. The zero-order valence-electron chi connectivity index (χ0n) is 19.1. The summed E-state index contributed by atoms with van der Waals surface area (Å²) in [7, 11) is 0. The Bertz CT molecular complexity index is 1360. The maximum Gasteiger partial charge on any atom is 0.256 e. The second-order valence-electron chi connectivity index (χ2n) is 8.44. The number of benzene rings is 3. The zero-order chi connectivity index (χ0) is 24.2. The van der Waals surface area contributed by atoms with Crippen molar-refractivity contribution in [3.05, 3.63) is 108 Å². The van der Waals surface area contributed by atoms with E-state index in [9.17, 15) is 9.59 Å². The van der Waals surface area contributed by atoms with Crippen molar-refractivity contribution in [3.63, 3.8) is 0 Å². The third-order valence-corrected chi connectivity index (χ3v) is 6.17. The van der Waals surface area contributed by atoms with Crippen LogP contribution in [0, 0.1) is 0 Å². The number of anilines is 2. The van der Waals surface area contributed by atoms with Gasteiger partial charge >= 0.3 is 0 Å². The molecule has 1 saturated heterocycles. The van der Waals surface area contributed by atoms with Gasteiger partial charge in [0.25, 0.3) is 5.91 Å². The number of nitrogens with one attached hydrogen (secondary N) is 1. The number of likely N-dealkylation sites (tertiary alicyclic amines) is 1. The summed E-state index contributed by atoms with van der Waals surface area (Å²) in [6, 6.07) is 26.0. The lowest BCUT2D eigenvalue weighted by molar-refractivity contribution is 0.0733. The number of hydrogen-bond acceptors (Lipinski definition) is 5. The van der Waals surface area contributed by atoms with Gasteiger partial charge in [0, 0.05) is 29.6 Å². The van der Waals surface area contributed by atoms with E-state index < -0.39 is 5.91 Å². The molecule has 0 unspecified atom stereocenters. The van der Waals surface area contributed by atoms with Crippen LogP contribution in [0.4, 0.5) is 11.4 Å². The largest absolute Gasteiger partial charge is 0.366 e. The monoisotopic (exact) mass is 463 g/mol. The van der Waals surface area contributed by atoms with E-state index in [-0.39, 0.29) is 11.9 Å². The highest BCUT2D eigenvalue weighted by Crippen LogP contribution is 2.34. The van der Waals surface area contributed by atoms with E-state index in [1.807, 2.05) is 65.6 Å². The van der Waals surface area contributed by atoms with E-state index in [0.717, 1.165) is 35.5 Å². The Kier molecular flexibility index (Phi) is 6.22. The third kappa shape index (κ3) is 4.75. The highest BCUT2D eigenvalue weighted by atomic mass is 16.2. The smallest absolute Gasteiger partial charge is 0.256 e. The number of nitrogens with zero attached hydrogens (tertiary/aromatic N) is 3. The number of nitrogens with two attached hydrogens (primary N) is 1. The predicted octanol–water partition coefficient (Wildman–Crippen LogP) is 4.96. The molecule has 3 N–H and O–H groups in total. The first-order valence-electron chi connectivity index (χ1n) is 11.6. The van der Waals surface area contributed by atoms with Gasteiger partial charge in [-0.3, -0.25) is 9.59 Å². The van der Waals surface area contributed by atoms with Crippen molar-refractivity contribution in [3.8, 4) is 11.4 Å². The van der Waals surface area contributed by atoms with Gasteiger partial charge in [-0.25, -0.2) is 9.97 Å². The van der Waals surface area contributed by atoms with E-state index in [1.165, 1.54) is 0 Å². The maximum absolute atomic E-state index is 13.7. The Morgan fingerprint density at radius 2 is 1.66 bits per heavy atom. The topological polar surface area (TPSA) is 101 Å². The van der Waals surface area contributed by atoms with Crippen molar-refractivity contribution in [2.24, 2.45) is 5.73 Å². The molecule has 3 aromatic carbocycles. The minimum Gasteiger partial charge on any atom is -0.366 e. The molecule has 0 radical (unpaired) electrons. The van der Waals surface area contributed by atoms with Crippen LogP contribution in [0.25, 0.3) is 11.4 Å². The van der Waals surface area contributed by atoms with E-state index in [4.69, 9.17) is 10.7 Å². The van der Waals surface area contributed by atoms with Gasteiger partial charge in [-0.2, -0.15) is 0 Å². The normalized spacial score (nSPS) is 15.1. The van der Waals surface area contributed by atoms with Crippen LogP contribution in [-0.2, 0) is 0 Å². The summed E-state index contributed by atoms with van der Waals surface area (Å²) < 4.78 is 0. The number of aromatic nitrogens is 2. The molecular weight excluding hydrogens is 438 g/mol. The fourth-order valence-electron chi connectivity index (χ4n) is 4.41. The van der Waals surface area contributed by atoms with Crippen LogP contribution < -0.4 is 11.1 Å². The van der Waals surface area contributed by atoms with E-state index in [1.54, 1.807) is 30.5 Å². The van der Waals surface area contributed by atoms with Gasteiger partial charge in [-0.05, 0) is 55.3 Å². The summed E-state index contributed by atoms with van der Waals surface area (Å²) in [4.78, 5) is 36.1. The van der Waals surface area contributed by atoms with Crippen molar-refractivity contribution in [2.75, 3.05) is 11.9 Å². The lowest BCUT2D eigenvalue weighted by Gasteiger charge is -2.25. The van der Waals surface area contributed by atoms with Crippen LogP contribution in [0.2, 0.25) is 0 Å². The predicted molar refractivity (Wildman–Crippen MR) is 135 cm³/mol. The second kappa shape index (κ2) is 9.77. The van der Waals surface area contributed by atoms with Gasteiger partial charge in [0.2, 0.25) is 5.91 Å². The highest BCUT2D eigenvalue weighted by Gasteiger charge is 2.32. The van der Waals surface area contributed by atoms with Crippen LogP contribution in [0.1, 0.15) is 45.3 Å². The number of primary amides is 1. The first kappa shape index (κ1) is 22.3. The Morgan fingerprint density at radius 3 is 2.43 bits per heavy atom. The number of amides is 2. The number of rotatable bonds is 6. The van der Waals surface area contributed by atoms with Crippen molar-refractivity contribution in [1.29, 1.82) is 0 Å². The number of hydrogen-bond donors (Lipinski definition) is 2. The van der Waals surface area contributed by atoms with Crippen molar-refractivity contribution >= 4 is 23.2 Å². The lowest BCUT2D eigenvalue weighted by Crippen LogP contribution is -2.31. The van der Waals surface area contributed by atoms with Crippen LogP contribution in [0.5, 0.6) is 0 Å². The van der Waals surface area contributed by atoms with Crippen LogP contribution in [0.15, 0.2) is 91.1 Å². The first-order valence-corrected chi connectivity index (χ1v) is 11.6. The van der Waals surface area contributed by atoms with Gasteiger partial charge < -0.3 is 16.0 Å². The molecule has 1 aromatic heterocycles. The molecule has 1 atom stereocenters. The molecule has 0 aliphatic carbocycles. The Labute approximate surface area is 203 Å². The van der Waals surface area contributed by atoms with Crippen LogP contribution >= 0.6 is 0 Å². The summed E-state index contributed by atoms with van der Waals surface area (Å²) in [5.74, 6) is 0.0369. The van der Waals surface area contributed by atoms with Crippen LogP contribution in [0.3, 0.4) is 0 Å². The molecule has 0 saturated carbocycles. The molecule has 4 aromatic rings. The molecule has 1 aliphatic heterocycles. The number of carbonyl (C=O) groups excluding carboxylic acids is 2. The van der Waals surface area contributed by atoms with E-state index in [0.29, 0.717) is 23.5 Å². The molecule has 0 bridgehead atoms. The molecule has 0 spiro atoms. The molecule has 7 nitrogen and oxygen atoms in total. The van der Waals surface area contributed by atoms with E-state index >= 15 is 0 Å². The summed E-state index contributed by atoms with van der Waals surface area (Å²) in [6.45, 7) is 0.663. The fraction of sp³-hybridized carbons (Fsp3) is 0.143. The molecular formula is C28H25N5O2. The van der Waals surface area contributed by atoms with Gasteiger partial charge in [0.05, 0.1) is 23.0 Å². The second-order valence-corrected chi connectivity index (χ2v) is 8.44. The first-order chi connectivity index (χ1) is 17.1. The Hall–Kier alpha value is -4.52. The fourth-order valence-corrected chi connectivity index (χ4v) is 4.41. The Morgan fingerprint density at radius 1 is 0.914 bits per heavy atom. The zero-order valence-corrected chi connectivity index (χ0v) is 19.1. The summed E-state index contributed by atoms with van der Waals surface area (Å²) in [5.41, 5.74) is 9.67. The third-order valence-electron chi connectivity index (χ3n) is 6.17. The Balaban J connectivity index is 1.41. The van der Waals surface area contributed by atoms with Gasteiger partial charge in [-0.1, -0.05) is 42.5 Å². The molecule has 35 heavy (non-hydrogen) atoms. The minimum absolute atomic E-state index is 0.0301. The van der Waals surface area contributed by atoms with E-state index in [2.05, 4.69) is 10.3 Å². The molecule has 1 fully saturated rings. The van der Waals surface area contributed by atoms with Crippen molar-refractivity contribution < 1.29 is 9.59 Å². The highest BCUT2D eigenvalue weighted by molar-refractivity contribution is 6.00. The van der Waals surface area contributed by atoms with Gasteiger partial charge in [0.15, 0.2) is 5.82 Å². The molecule has 1 aliphatic rings. The molecule has 7 heteroatoms.